The van der Waals surface area contributed by atoms with E-state index in [-0.39, 0.29) is 0 Å². The number of hydrogen-bond acceptors (Lipinski definition) is 3. The van der Waals surface area contributed by atoms with E-state index in [1.54, 1.807) is 0 Å². The van der Waals surface area contributed by atoms with Gasteiger partial charge < -0.3 is 19.8 Å². The molecule has 0 heterocycles. The molecule has 0 amide bonds. The van der Waals surface area contributed by atoms with Crippen LogP contribution in [-0.2, 0) is 4.57 Å². The van der Waals surface area contributed by atoms with E-state index in [2.05, 4.69) is 6.92 Å². The highest BCUT2D eigenvalue weighted by Gasteiger charge is 2.00. The minimum Gasteiger partial charge on any atom is -0.396 e. The third kappa shape index (κ3) is 38.5. The molecule has 0 aliphatic rings. The lowest BCUT2D eigenvalue weighted by atomic mass is 10.1. The minimum absolute atomic E-state index is 0.334. The Morgan fingerprint density at radius 1 is 0.941 bits per heavy atom. The Morgan fingerprint density at radius 3 is 1.88 bits per heavy atom. The highest BCUT2D eigenvalue weighted by atomic mass is 32.2. The fourth-order valence-corrected chi connectivity index (χ4v) is 1.89. The summed E-state index contributed by atoms with van der Waals surface area (Å²) >= 11 is 1.87. The van der Waals surface area contributed by atoms with Crippen LogP contribution in [0.2, 0.25) is 0 Å². The number of unbranched alkanes of at least 4 members (excludes halogenated alkanes) is 5. The molecule has 7 heteroatoms. The number of aliphatic hydroxyl groups excluding tert-OH is 1. The van der Waals surface area contributed by atoms with Crippen molar-refractivity contribution in [3.8, 4) is 0 Å². The molecule has 0 bridgehead atoms. The molecule has 5 nitrogen and oxygen atoms in total. The average molecular weight is 288 g/mol. The number of thioether (sulfide) groups is 1. The van der Waals surface area contributed by atoms with Gasteiger partial charge in [0.05, 0.1) is 6.61 Å². The summed E-state index contributed by atoms with van der Waals surface area (Å²) in [7, 11) is -4.64. The molecule has 0 saturated heterocycles. The second kappa shape index (κ2) is 14.5. The normalized spacial score (nSPS) is 10.9. The monoisotopic (exact) mass is 288 g/mol. The van der Waals surface area contributed by atoms with Crippen molar-refractivity contribution >= 4 is 19.6 Å². The Morgan fingerprint density at radius 2 is 1.41 bits per heavy atom. The van der Waals surface area contributed by atoms with Gasteiger partial charge in [0.15, 0.2) is 0 Å². The third-order valence-electron chi connectivity index (χ3n) is 1.88. The molecule has 0 saturated carbocycles. The van der Waals surface area contributed by atoms with Crippen LogP contribution in [0, 0.1) is 0 Å². The van der Waals surface area contributed by atoms with E-state index in [0.29, 0.717) is 6.61 Å². The first-order chi connectivity index (χ1) is 7.91. The summed E-state index contributed by atoms with van der Waals surface area (Å²) < 4.78 is 8.88. The molecule has 106 valence electrons. The number of phosphoric acid groups is 1. The van der Waals surface area contributed by atoms with E-state index in [1.165, 1.54) is 44.3 Å². The van der Waals surface area contributed by atoms with E-state index >= 15 is 0 Å². The summed E-state index contributed by atoms with van der Waals surface area (Å²) in [4.78, 5) is 21.6. The predicted molar refractivity (Wildman–Crippen MR) is 72.0 cm³/mol. The second-order valence-electron chi connectivity index (χ2n) is 3.62. The molecular formula is C10H25O5PS. The Hall–Kier alpha value is 0.420. The molecule has 0 aromatic carbocycles. The molecule has 0 rings (SSSR count). The largest absolute Gasteiger partial charge is 0.466 e. The lowest BCUT2D eigenvalue weighted by Crippen LogP contribution is -1.88. The zero-order valence-corrected chi connectivity index (χ0v) is 12.1. The summed E-state index contributed by atoms with van der Waals surface area (Å²) in [6.07, 6.45) is 8.23. The Kier molecular flexibility index (Phi) is 16.8. The van der Waals surface area contributed by atoms with E-state index in [1.807, 2.05) is 11.8 Å². The molecule has 0 aliphatic carbocycles. The van der Waals surface area contributed by atoms with Crippen LogP contribution in [0.5, 0.6) is 0 Å². The molecule has 0 aliphatic heterocycles. The topological polar surface area (TPSA) is 98.0 Å². The van der Waals surface area contributed by atoms with Crippen molar-refractivity contribution in [2.24, 2.45) is 0 Å². The zero-order chi connectivity index (χ0) is 13.6. The Labute approximate surface area is 108 Å². The fraction of sp³-hybridized carbons (Fsp3) is 1.00. The molecule has 0 fully saturated rings. The van der Waals surface area contributed by atoms with Crippen molar-refractivity contribution in [2.45, 2.75) is 45.4 Å². The van der Waals surface area contributed by atoms with Crippen LogP contribution in [0.3, 0.4) is 0 Å². The first-order valence-corrected chi connectivity index (χ1v) is 8.60. The van der Waals surface area contributed by atoms with Crippen molar-refractivity contribution in [3.05, 3.63) is 0 Å². The lowest BCUT2D eigenvalue weighted by molar-refractivity contribution is 0.275. The summed E-state index contributed by atoms with van der Waals surface area (Å²) in [6, 6.07) is 0. The van der Waals surface area contributed by atoms with Crippen molar-refractivity contribution in [3.63, 3.8) is 0 Å². The van der Waals surface area contributed by atoms with E-state index in [4.69, 9.17) is 24.4 Å². The summed E-state index contributed by atoms with van der Waals surface area (Å²) in [6.45, 7) is 2.58. The van der Waals surface area contributed by atoms with Crippen LogP contribution in [0.1, 0.15) is 45.4 Å². The Balaban J connectivity index is 0. The van der Waals surface area contributed by atoms with Crippen molar-refractivity contribution in [1.29, 1.82) is 0 Å². The van der Waals surface area contributed by atoms with Gasteiger partial charge in [0.2, 0.25) is 0 Å². The highest BCUT2D eigenvalue weighted by molar-refractivity contribution is 7.99. The van der Waals surface area contributed by atoms with Crippen LogP contribution >= 0.6 is 19.6 Å². The minimum atomic E-state index is -4.64. The van der Waals surface area contributed by atoms with Crippen LogP contribution in [-0.4, -0.2) is 37.9 Å². The van der Waals surface area contributed by atoms with Crippen LogP contribution in [0.4, 0.5) is 0 Å². The number of rotatable bonds is 9. The van der Waals surface area contributed by atoms with Gasteiger partial charge in [0, 0.05) is 5.75 Å². The maximum Gasteiger partial charge on any atom is 0.466 e. The second-order valence-corrected chi connectivity index (χ2v) is 5.87. The van der Waals surface area contributed by atoms with Gasteiger partial charge >= 0.3 is 7.82 Å². The lowest BCUT2D eigenvalue weighted by Gasteiger charge is -1.99. The first-order valence-electron chi connectivity index (χ1n) is 5.88. The van der Waals surface area contributed by atoms with Gasteiger partial charge in [-0.1, -0.05) is 39.0 Å². The standard InChI is InChI=1S/C10H22OS.H3O4P/c1-2-3-4-5-6-7-9-12-10-8-11;1-5(2,3)4/h11H,2-10H2,1H3;(H3,1,2,3,4). The van der Waals surface area contributed by atoms with Crippen LogP contribution in [0.25, 0.3) is 0 Å². The molecule has 0 aromatic heterocycles. The average Bonchev–Trinajstić information content (AvgIpc) is 2.20. The van der Waals surface area contributed by atoms with Gasteiger partial charge in [-0.2, -0.15) is 11.8 Å². The quantitative estimate of drug-likeness (QED) is 0.383. The van der Waals surface area contributed by atoms with Gasteiger partial charge in [-0.25, -0.2) is 4.57 Å². The molecule has 17 heavy (non-hydrogen) atoms. The molecule has 0 radical (unpaired) electrons. The van der Waals surface area contributed by atoms with Crippen molar-refractivity contribution in [2.75, 3.05) is 18.1 Å². The number of hydrogen-bond donors (Lipinski definition) is 4. The summed E-state index contributed by atoms with van der Waals surface area (Å²) in [5, 5.41) is 8.52. The molecule has 0 aromatic rings. The maximum atomic E-state index is 8.88. The zero-order valence-electron chi connectivity index (χ0n) is 10.4. The first kappa shape index (κ1) is 19.8. The van der Waals surface area contributed by atoms with Gasteiger partial charge in [-0.3, -0.25) is 0 Å². The van der Waals surface area contributed by atoms with Crippen molar-refractivity contribution < 1.29 is 24.4 Å². The van der Waals surface area contributed by atoms with Crippen LogP contribution < -0.4 is 0 Å². The van der Waals surface area contributed by atoms with Gasteiger partial charge in [-0.15, -0.1) is 0 Å². The summed E-state index contributed by atoms with van der Waals surface area (Å²) in [5.41, 5.74) is 0. The fourth-order valence-electron chi connectivity index (χ4n) is 1.15. The maximum absolute atomic E-state index is 8.88. The van der Waals surface area contributed by atoms with E-state index < -0.39 is 7.82 Å². The predicted octanol–water partition coefficient (Wildman–Crippen LogP) is 2.14. The van der Waals surface area contributed by atoms with Gasteiger partial charge in [-0.05, 0) is 12.2 Å². The SMILES string of the molecule is CCCCCCCCSCCO.O=P(O)(O)O. The molecule has 0 unspecified atom stereocenters. The van der Waals surface area contributed by atoms with Crippen molar-refractivity contribution in [1.82, 2.24) is 0 Å². The molecule has 4 N–H and O–H groups in total. The molecular weight excluding hydrogens is 263 g/mol. The third-order valence-corrected chi connectivity index (χ3v) is 2.93. The Bertz CT molecular complexity index is 167. The highest BCUT2D eigenvalue weighted by Crippen LogP contribution is 2.25. The smallest absolute Gasteiger partial charge is 0.396 e. The summed E-state index contributed by atoms with van der Waals surface area (Å²) in [5.74, 6) is 2.14. The molecule has 0 atom stereocenters. The van der Waals surface area contributed by atoms with Gasteiger partial charge in [0.25, 0.3) is 0 Å². The van der Waals surface area contributed by atoms with Gasteiger partial charge in [0.1, 0.15) is 0 Å². The van der Waals surface area contributed by atoms with E-state index in [0.717, 1.165) is 5.75 Å². The number of aliphatic hydroxyl groups is 1. The molecule has 0 spiro atoms. The van der Waals surface area contributed by atoms with Crippen LogP contribution in [0.15, 0.2) is 0 Å². The van der Waals surface area contributed by atoms with E-state index in [9.17, 15) is 0 Å².